The van der Waals surface area contributed by atoms with E-state index in [0.29, 0.717) is 0 Å². The molecule has 132 valence electrons. The second-order valence-electron chi connectivity index (χ2n) is 5.03. The first kappa shape index (κ1) is 19.6. The van der Waals surface area contributed by atoms with Crippen LogP contribution in [-0.2, 0) is 27.9 Å². The third kappa shape index (κ3) is 4.10. The highest BCUT2D eigenvalue weighted by Crippen LogP contribution is 2.54. The lowest BCUT2D eigenvalue weighted by Gasteiger charge is -2.27. The fraction of sp³-hybridized carbons (Fsp3) is 0.769. The van der Waals surface area contributed by atoms with Crippen LogP contribution in [0.5, 0.6) is 0 Å². The molecule has 0 saturated carbocycles. The summed E-state index contributed by atoms with van der Waals surface area (Å²) in [5.74, 6) is -2.42. The number of hydrogen-bond acceptors (Lipinski definition) is 7. The summed E-state index contributed by atoms with van der Waals surface area (Å²) in [6.45, 7) is 5.77. The maximum atomic E-state index is 12.7. The molecule has 23 heavy (non-hydrogen) atoms. The molecule has 1 amide bonds. The minimum absolute atomic E-state index is 0.0933. The maximum absolute atomic E-state index is 12.7. The van der Waals surface area contributed by atoms with Crippen LogP contribution in [0.1, 0.15) is 27.7 Å². The first-order valence-corrected chi connectivity index (χ1v) is 8.89. The fourth-order valence-corrected chi connectivity index (χ4v) is 4.18. The van der Waals surface area contributed by atoms with Crippen molar-refractivity contribution >= 4 is 25.4 Å². The largest absolute Gasteiger partial charge is 0.465 e. The number of ketones is 1. The summed E-state index contributed by atoms with van der Waals surface area (Å²) in [4.78, 5) is 36.2. The van der Waals surface area contributed by atoms with Gasteiger partial charge in [0.2, 0.25) is 0 Å². The Bertz CT molecular complexity index is 512. The fourth-order valence-electron chi connectivity index (χ4n) is 2.39. The van der Waals surface area contributed by atoms with E-state index >= 15 is 0 Å². The van der Waals surface area contributed by atoms with E-state index in [1.807, 2.05) is 0 Å². The van der Waals surface area contributed by atoms with Gasteiger partial charge >= 0.3 is 19.7 Å². The number of carbonyl (C=O) groups excluding carboxylic acids is 2. The van der Waals surface area contributed by atoms with Gasteiger partial charge in [-0.05, 0) is 20.8 Å². The van der Waals surface area contributed by atoms with Crippen molar-refractivity contribution in [1.29, 1.82) is 0 Å². The summed E-state index contributed by atoms with van der Waals surface area (Å²) >= 11 is 0. The summed E-state index contributed by atoms with van der Waals surface area (Å²) < 4.78 is 27.6. The van der Waals surface area contributed by atoms with Gasteiger partial charge in [0.25, 0.3) is 0 Å². The molecule has 10 heteroatoms. The molecule has 1 rings (SSSR count). The highest BCUT2D eigenvalue weighted by molar-refractivity contribution is 7.55. The Hall–Kier alpha value is -1.44. The van der Waals surface area contributed by atoms with Crippen molar-refractivity contribution in [2.45, 2.75) is 39.4 Å². The molecule has 0 aromatic heterocycles. The van der Waals surface area contributed by atoms with Gasteiger partial charge in [0.05, 0.1) is 13.2 Å². The van der Waals surface area contributed by atoms with Gasteiger partial charge in [-0.15, -0.1) is 0 Å². The van der Waals surface area contributed by atoms with Gasteiger partial charge in [-0.2, -0.15) is 0 Å². The molecule has 1 fully saturated rings. The van der Waals surface area contributed by atoms with Gasteiger partial charge in [-0.25, -0.2) is 9.59 Å². The Labute approximate surface area is 134 Å². The molecule has 0 radical (unpaired) electrons. The van der Waals surface area contributed by atoms with Crippen molar-refractivity contribution in [2.24, 2.45) is 5.92 Å². The highest BCUT2D eigenvalue weighted by atomic mass is 31.2. The summed E-state index contributed by atoms with van der Waals surface area (Å²) in [6.07, 6.45) is -1.37. The van der Waals surface area contributed by atoms with Crippen molar-refractivity contribution in [3.05, 3.63) is 0 Å². The van der Waals surface area contributed by atoms with E-state index in [1.165, 1.54) is 13.8 Å². The Kier molecular flexibility index (Phi) is 6.73. The number of nitrogens with zero attached hydrogens (tertiary/aromatic N) is 1. The van der Waals surface area contributed by atoms with Gasteiger partial charge in [0.15, 0.2) is 12.5 Å². The molecular weight excluding hydrogens is 329 g/mol. The summed E-state index contributed by atoms with van der Waals surface area (Å²) in [7, 11) is -3.69. The van der Waals surface area contributed by atoms with Crippen LogP contribution >= 0.6 is 7.60 Å². The quantitative estimate of drug-likeness (QED) is 0.518. The first-order chi connectivity index (χ1) is 10.7. The minimum Gasteiger partial charge on any atom is -0.465 e. The van der Waals surface area contributed by atoms with Crippen LogP contribution in [0.2, 0.25) is 0 Å². The average molecular weight is 351 g/mol. The minimum atomic E-state index is -3.69. The van der Waals surface area contributed by atoms with Crippen molar-refractivity contribution < 1.29 is 37.8 Å². The third-order valence-corrected chi connectivity index (χ3v) is 6.03. The topological polar surface area (TPSA) is 119 Å². The second kappa shape index (κ2) is 7.90. The van der Waals surface area contributed by atoms with Crippen LogP contribution in [0.25, 0.3) is 0 Å². The zero-order valence-electron chi connectivity index (χ0n) is 13.6. The van der Waals surface area contributed by atoms with Crippen LogP contribution in [0, 0.1) is 5.92 Å². The molecule has 1 aliphatic heterocycles. The Balaban J connectivity index is 2.99. The zero-order valence-corrected chi connectivity index (χ0v) is 14.4. The summed E-state index contributed by atoms with van der Waals surface area (Å²) in [6, 6.07) is -1.26. The van der Waals surface area contributed by atoms with Gasteiger partial charge in [0.1, 0.15) is 11.7 Å². The monoisotopic (exact) mass is 351 g/mol. The number of esters is 1. The standard InChI is InChI=1S/C13H22NO8P/c1-5-21-23(19,22-6-2)9(4)11(15)8(3)10-12(16)20-7-14(10)13(17)18/h8-10H,5-7H2,1-4H3,(H,17,18). The lowest BCUT2D eigenvalue weighted by atomic mass is 9.95. The van der Waals surface area contributed by atoms with Crippen molar-refractivity contribution in [2.75, 3.05) is 19.9 Å². The van der Waals surface area contributed by atoms with E-state index in [0.717, 1.165) is 4.90 Å². The Morgan fingerprint density at radius 1 is 1.35 bits per heavy atom. The number of hydrogen-bond donors (Lipinski definition) is 1. The molecule has 0 aromatic carbocycles. The molecule has 0 aromatic rings. The van der Waals surface area contributed by atoms with Crippen molar-refractivity contribution in [3.63, 3.8) is 0 Å². The smallest absolute Gasteiger partial charge is 0.410 e. The summed E-state index contributed by atoms with van der Waals surface area (Å²) in [5.41, 5.74) is -1.12. The average Bonchev–Trinajstić information content (AvgIpc) is 2.87. The molecule has 1 saturated heterocycles. The van der Waals surface area contributed by atoms with Gasteiger partial charge in [-0.1, -0.05) is 6.92 Å². The predicted molar refractivity (Wildman–Crippen MR) is 79.1 cm³/mol. The van der Waals surface area contributed by atoms with E-state index in [9.17, 15) is 18.9 Å². The number of ether oxygens (including phenoxy) is 1. The van der Waals surface area contributed by atoms with Crippen LogP contribution in [0.4, 0.5) is 4.79 Å². The van der Waals surface area contributed by atoms with Crippen molar-refractivity contribution in [1.82, 2.24) is 4.90 Å². The molecule has 3 atom stereocenters. The van der Waals surface area contributed by atoms with Gasteiger partial charge in [0, 0.05) is 5.92 Å². The van der Waals surface area contributed by atoms with Crippen molar-refractivity contribution in [3.8, 4) is 0 Å². The lowest BCUT2D eigenvalue weighted by Crippen LogP contribution is -2.46. The summed E-state index contributed by atoms with van der Waals surface area (Å²) in [5, 5.41) is 9.08. The number of amides is 1. The van der Waals surface area contributed by atoms with Gasteiger partial charge in [-0.3, -0.25) is 14.3 Å². The third-order valence-electron chi connectivity index (χ3n) is 3.60. The number of carboxylic acid groups (broad SMARTS) is 1. The molecule has 0 spiro atoms. The number of Topliss-reactive ketones (excluding diaryl/α,β-unsaturated/α-hetero) is 1. The van der Waals surface area contributed by atoms with Crippen LogP contribution in [0.15, 0.2) is 0 Å². The SMILES string of the molecule is CCOP(=O)(OCC)C(C)C(=O)C(C)C1C(=O)OCN1C(=O)O. The Morgan fingerprint density at radius 3 is 2.30 bits per heavy atom. The molecular formula is C13H22NO8P. The molecule has 3 unspecified atom stereocenters. The number of carbonyl (C=O) groups is 3. The molecule has 1 aliphatic rings. The maximum Gasteiger partial charge on any atom is 0.410 e. The normalized spacial score (nSPS) is 21.0. The van der Waals surface area contributed by atoms with E-state index < -0.39 is 49.8 Å². The Morgan fingerprint density at radius 2 is 1.87 bits per heavy atom. The van der Waals surface area contributed by atoms with E-state index in [-0.39, 0.29) is 13.2 Å². The molecule has 1 heterocycles. The van der Waals surface area contributed by atoms with E-state index in [2.05, 4.69) is 0 Å². The highest BCUT2D eigenvalue weighted by Gasteiger charge is 2.48. The van der Waals surface area contributed by atoms with E-state index in [1.54, 1.807) is 13.8 Å². The molecule has 1 N–H and O–H groups in total. The van der Waals surface area contributed by atoms with Crippen LogP contribution in [-0.4, -0.2) is 59.5 Å². The van der Waals surface area contributed by atoms with E-state index in [4.69, 9.17) is 18.9 Å². The zero-order chi connectivity index (χ0) is 17.8. The lowest BCUT2D eigenvalue weighted by molar-refractivity contribution is -0.142. The first-order valence-electron chi connectivity index (χ1n) is 7.28. The van der Waals surface area contributed by atoms with Gasteiger partial charge < -0.3 is 18.9 Å². The number of cyclic esters (lactones) is 1. The predicted octanol–water partition coefficient (Wildman–Crippen LogP) is 1.71. The van der Waals surface area contributed by atoms with Crippen LogP contribution < -0.4 is 0 Å². The molecule has 0 aliphatic carbocycles. The second-order valence-corrected chi connectivity index (χ2v) is 7.40. The molecule has 0 bridgehead atoms. The van der Waals surface area contributed by atoms with Crippen LogP contribution in [0.3, 0.4) is 0 Å². The number of rotatable bonds is 8. The molecule has 9 nitrogen and oxygen atoms in total.